The number of nitrogens with zero attached hydrogens (tertiary/aromatic N) is 1. The monoisotopic (exact) mass is 395 g/mol. The zero-order chi connectivity index (χ0) is 20.4. The first-order chi connectivity index (χ1) is 14.0. The summed E-state index contributed by atoms with van der Waals surface area (Å²) in [6.07, 6.45) is 0.0319. The summed E-state index contributed by atoms with van der Waals surface area (Å²) in [5, 5.41) is 5.70. The van der Waals surface area contributed by atoms with Crippen molar-refractivity contribution in [3.63, 3.8) is 0 Å². The van der Waals surface area contributed by atoms with Crippen molar-refractivity contribution in [3.8, 4) is 11.5 Å². The number of fused-ring (bicyclic) bond motifs is 1. The van der Waals surface area contributed by atoms with Crippen molar-refractivity contribution in [1.29, 1.82) is 0 Å². The molecule has 2 aromatic carbocycles. The summed E-state index contributed by atoms with van der Waals surface area (Å²) < 4.78 is 11.5. The molecule has 2 aromatic rings. The minimum absolute atomic E-state index is 0.0131. The van der Waals surface area contributed by atoms with E-state index in [2.05, 4.69) is 10.6 Å². The maximum Gasteiger partial charge on any atom is 0.315 e. The molecule has 1 saturated heterocycles. The van der Waals surface area contributed by atoms with Gasteiger partial charge in [0.05, 0.1) is 12.6 Å². The number of benzene rings is 2. The lowest BCUT2D eigenvalue weighted by Gasteiger charge is -2.26. The molecular weight excluding hydrogens is 370 g/mol. The first-order valence-electron chi connectivity index (χ1n) is 9.80. The zero-order valence-electron chi connectivity index (χ0n) is 16.6. The van der Waals surface area contributed by atoms with Crippen LogP contribution in [0.1, 0.15) is 17.5 Å². The van der Waals surface area contributed by atoms with E-state index in [1.165, 1.54) is 5.56 Å². The van der Waals surface area contributed by atoms with Gasteiger partial charge in [0.25, 0.3) is 0 Å². The predicted molar refractivity (Wildman–Crippen MR) is 110 cm³/mol. The summed E-state index contributed by atoms with van der Waals surface area (Å²) >= 11 is 0. The van der Waals surface area contributed by atoms with Crippen molar-refractivity contribution in [2.45, 2.75) is 32.4 Å². The van der Waals surface area contributed by atoms with Crippen LogP contribution in [0, 0.1) is 13.8 Å². The number of amides is 3. The van der Waals surface area contributed by atoms with E-state index in [4.69, 9.17) is 9.47 Å². The van der Waals surface area contributed by atoms with Gasteiger partial charge in [0.1, 0.15) is 6.61 Å². The molecule has 29 heavy (non-hydrogen) atoms. The van der Waals surface area contributed by atoms with Crippen LogP contribution in [0.2, 0.25) is 0 Å². The van der Waals surface area contributed by atoms with Crippen LogP contribution in [0.25, 0.3) is 0 Å². The Morgan fingerprint density at radius 2 is 1.93 bits per heavy atom. The highest BCUT2D eigenvalue weighted by Crippen LogP contribution is 2.30. The van der Waals surface area contributed by atoms with Crippen LogP contribution in [0.15, 0.2) is 42.5 Å². The van der Waals surface area contributed by atoms with Crippen molar-refractivity contribution >= 4 is 17.6 Å². The molecule has 0 saturated carbocycles. The van der Waals surface area contributed by atoms with E-state index in [0.717, 1.165) is 11.3 Å². The lowest BCUT2D eigenvalue weighted by Crippen LogP contribution is -2.47. The highest BCUT2D eigenvalue weighted by Gasteiger charge is 2.32. The van der Waals surface area contributed by atoms with Gasteiger partial charge in [-0.05, 0) is 49.2 Å². The lowest BCUT2D eigenvalue weighted by molar-refractivity contribution is -0.117. The van der Waals surface area contributed by atoms with Gasteiger partial charge >= 0.3 is 6.03 Å². The average molecular weight is 395 g/mol. The first-order valence-corrected chi connectivity index (χ1v) is 9.80. The third-order valence-electron chi connectivity index (χ3n) is 5.32. The summed E-state index contributed by atoms with van der Waals surface area (Å²) in [5.41, 5.74) is 3.20. The third kappa shape index (κ3) is 4.29. The van der Waals surface area contributed by atoms with Crippen LogP contribution in [0.3, 0.4) is 0 Å². The molecule has 0 bridgehead atoms. The van der Waals surface area contributed by atoms with E-state index in [1.54, 1.807) is 4.90 Å². The number of nitrogens with one attached hydrogen (secondary N) is 2. The van der Waals surface area contributed by atoms with Crippen LogP contribution in [-0.4, -0.2) is 43.8 Å². The summed E-state index contributed by atoms with van der Waals surface area (Å²) in [7, 11) is 0. The molecule has 0 radical (unpaired) electrons. The van der Waals surface area contributed by atoms with Crippen molar-refractivity contribution in [3.05, 3.63) is 53.6 Å². The first kappa shape index (κ1) is 19.1. The number of aryl methyl sites for hydroxylation is 2. The number of carbonyl (C=O) groups is 2. The van der Waals surface area contributed by atoms with Gasteiger partial charge in [0.2, 0.25) is 5.91 Å². The van der Waals surface area contributed by atoms with Gasteiger partial charge in [0.15, 0.2) is 17.6 Å². The van der Waals surface area contributed by atoms with Crippen LogP contribution in [0.5, 0.6) is 11.5 Å². The molecule has 0 aliphatic carbocycles. The Morgan fingerprint density at radius 3 is 2.72 bits per heavy atom. The number of rotatable bonds is 4. The molecule has 7 nitrogen and oxygen atoms in total. The van der Waals surface area contributed by atoms with Gasteiger partial charge in [-0.1, -0.05) is 18.2 Å². The van der Waals surface area contributed by atoms with E-state index < -0.39 is 0 Å². The fourth-order valence-corrected chi connectivity index (χ4v) is 3.55. The van der Waals surface area contributed by atoms with Gasteiger partial charge < -0.3 is 25.0 Å². The summed E-state index contributed by atoms with van der Waals surface area (Å²) in [6.45, 7) is 5.23. The average Bonchev–Trinajstić information content (AvgIpc) is 3.08. The number of para-hydroxylation sites is 2. The second-order valence-electron chi connectivity index (χ2n) is 7.53. The summed E-state index contributed by atoms with van der Waals surface area (Å²) in [4.78, 5) is 26.4. The fourth-order valence-electron chi connectivity index (χ4n) is 3.55. The maximum atomic E-state index is 12.4. The molecule has 2 aliphatic heterocycles. The third-order valence-corrected chi connectivity index (χ3v) is 5.32. The van der Waals surface area contributed by atoms with Crippen LogP contribution in [0.4, 0.5) is 10.5 Å². The highest BCUT2D eigenvalue weighted by molar-refractivity contribution is 5.96. The number of hydrogen-bond donors (Lipinski definition) is 2. The highest BCUT2D eigenvalue weighted by atomic mass is 16.6. The minimum atomic E-state index is -0.313. The number of carbonyl (C=O) groups excluding carboxylic acids is 2. The van der Waals surface area contributed by atoms with Crippen molar-refractivity contribution in [1.82, 2.24) is 10.6 Å². The molecule has 2 aliphatic rings. The molecule has 2 N–H and O–H groups in total. The lowest BCUT2D eigenvalue weighted by atomic mass is 10.1. The number of anilines is 1. The summed E-state index contributed by atoms with van der Waals surface area (Å²) in [5.74, 6) is 1.40. The topological polar surface area (TPSA) is 79.9 Å². The molecule has 1 fully saturated rings. The Bertz CT molecular complexity index is 930. The predicted octanol–water partition coefficient (Wildman–Crippen LogP) is 2.55. The molecule has 0 aromatic heterocycles. The van der Waals surface area contributed by atoms with E-state index in [0.29, 0.717) is 31.2 Å². The molecule has 4 rings (SSSR count). The standard InChI is InChI=1S/C22H25N3O4/c1-14-7-8-17(9-15(14)2)25-12-16(10-21(25)26)24-22(27)23-11-18-13-28-19-5-3-4-6-20(19)29-18/h3-9,16,18H,10-13H2,1-2H3,(H2,23,24,27)/t16-,18+/m0/s1. The molecule has 0 spiro atoms. The normalized spacial score (nSPS) is 20.5. The van der Waals surface area contributed by atoms with E-state index in [1.807, 2.05) is 56.3 Å². The van der Waals surface area contributed by atoms with E-state index >= 15 is 0 Å². The Morgan fingerprint density at radius 1 is 1.14 bits per heavy atom. The second kappa shape index (κ2) is 8.03. The summed E-state index contributed by atoms with van der Waals surface area (Å²) in [6, 6.07) is 12.9. The largest absolute Gasteiger partial charge is 0.486 e. The maximum absolute atomic E-state index is 12.4. The Hall–Kier alpha value is -3.22. The second-order valence-corrected chi connectivity index (χ2v) is 7.53. The van der Waals surface area contributed by atoms with Crippen molar-refractivity contribution in [2.75, 3.05) is 24.6 Å². The Balaban J connectivity index is 1.27. The number of hydrogen-bond acceptors (Lipinski definition) is 4. The SMILES string of the molecule is Cc1ccc(N2C[C@@H](NC(=O)NC[C@@H]3COc4ccccc4O3)CC2=O)cc1C. The van der Waals surface area contributed by atoms with Gasteiger partial charge in [-0.2, -0.15) is 0 Å². The van der Waals surface area contributed by atoms with E-state index in [9.17, 15) is 9.59 Å². The Labute approximate surface area is 170 Å². The van der Waals surface area contributed by atoms with Crippen LogP contribution < -0.4 is 25.0 Å². The zero-order valence-corrected chi connectivity index (χ0v) is 16.6. The molecule has 2 heterocycles. The molecule has 2 atom stereocenters. The van der Waals surface area contributed by atoms with Gasteiger partial charge in [-0.3, -0.25) is 4.79 Å². The Kier molecular flexibility index (Phi) is 5.29. The smallest absolute Gasteiger partial charge is 0.315 e. The van der Waals surface area contributed by atoms with E-state index in [-0.39, 0.29) is 30.5 Å². The van der Waals surface area contributed by atoms with Gasteiger partial charge in [-0.25, -0.2) is 4.79 Å². The minimum Gasteiger partial charge on any atom is -0.486 e. The molecule has 0 unspecified atom stereocenters. The molecule has 152 valence electrons. The van der Waals surface area contributed by atoms with Crippen molar-refractivity contribution in [2.24, 2.45) is 0 Å². The quantitative estimate of drug-likeness (QED) is 0.834. The van der Waals surface area contributed by atoms with Crippen molar-refractivity contribution < 1.29 is 19.1 Å². The van der Waals surface area contributed by atoms with Gasteiger partial charge in [-0.15, -0.1) is 0 Å². The van der Waals surface area contributed by atoms with Crippen LogP contribution >= 0.6 is 0 Å². The van der Waals surface area contributed by atoms with Gasteiger partial charge in [0, 0.05) is 18.7 Å². The van der Waals surface area contributed by atoms with Crippen LogP contribution in [-0.2, 0) is 4.79 Å². The fraction of sp³-hybridized carbons (Fsp3) is 0.364. The molecule has 3 amide bonds. The molecular formula is C22H25N3O4. The molecule has 7 heteroatoms. The number of urea groups is 1. The number of ether oxygens (including phenoxy) is 2.